The molecule has 2 N–H and O–H groups in total. The third kappa shape index (κ3) is 1.93. The number of methoxy groups -OCH3 is 1. The Morgan fingerprint density at radius 3 is 3.05 bits per heavy atom. The molecule has 0 aliphatic heterocycles. The number of aromatic nitrogens is 3. The van der Waals surface area contributed by atoms with Crippen LogP contribution in [0.2, 0.25) is 0 Å². The number of fused-ring (bicyclic) bond motifs is 1. The lowest BCUT2D eigenvalue weighted by atomic mass is 10.3. The van der Waals surface area contributed by atoms with Crippen LogP contribution >= 0.6 is 11.3 Å². The van der Waals surface area contributed by atoms with E-state index in [2.05, 4.69) is 10.1 Å². The van der Waals surface area contributed by atoms with Crippen LogP contribution in [0.3, 0.4) is 0 Å². The zero-order valence-electron chi connectivity index (χ0n) is 10.0. The number of carbonyl (C=O) groups excluding carboxylic acids is 1. The Bertz CT molecular complexity index is 762. The number of nitrogens with two attached hydrogens (primary N) is 1. The fraction of sp³-hybridized carbons (Fsp3) is 0.0833. The first-order chi connectivity index (χ1) is 9.19. The summed E-state index contributed by atoms with van der Waals surface area (Å²) in [7, 11) is 1.57. The van der Waals surface area contributed by atoms with Crippen molar-refractivity contribution in [3.8, 4) is 16.5 Å². The van der Waals surface area contributed by atoms with Crippen LogP contribution in [-0.2, 0) is 0 Å². The number of amides is 1. The van der Waals surface area contributed by atoms with Crippen molar-refractivity contribution in [3.05, 3.63) is 36.2 Å². The topological polar surface area (TPSA) is 82.5 Å². The van der Waals surface area contributed by atoms with Gasteiger partial charge in [0.15, 0.2) is 0 Å². The highest BCUT2D eigenvalue weighted by atomic mass is 32.1. The van der Waals surface area contributed by atoms with Crippen molar-refractivity contribution >= 4 is 22.1 Å². The highest BCUT2D eigenvalue weighted by Gasteiger charge is 2.14. The molecule has 0 radical (unpaired) electrons. The summed E-state index contributed by atoms with van der Waals surface area (Å²) in [5.74, 6) is 0.0562. The van der Waals surface area contributed by atoms with Crippen molar-refractivity contribution in [2.24, 2.45) is 5.73 Å². The number of primary amides is 1. The second kappa shape index (κ2) is 4.36. The number of hydrogen-bond acceptors (Lipinski definition) is 5. The fourth-order valence-corrected chi connectivity index (χ4v) is 2.78. The van der Waals surface area contributed by atoms with Gasteiger partial charge in [-0.2, -0.15) is 5.10 Å². The number of carbonyl (C=O) groups is 1. The third-order valence-corrected chi connectivity index (χ3v) is 3.78. The normalized spacial score (nSPS) is 10.8. The number of pyridine rings is 1. The molecule has 1 amide bonds. The highest BCUT2D eigenvalue weighted by Crippen LogP contribution is 2.29. The van der Waals surface area contributed by atoms with E-state index < -0.39 is 5.91 Å². The minimum atomic E-state index is -0.484. The Balaban J connectivity index is 2.12. The molecule has 0 unspecified atom stereocenters. The first-order valence-corrected chi connectivity index (χ1v) is 6.29. The summed E-state index contributed by atoms with van der Waals surface area (Å²) in [5, 5.41) is 4.10. The van der Waals surface area contributed by atoms with E-state index in [1.165, 1.54) is 17.5 Å². The third-order valence-electron chi connectivity index (χ3n) is 2.65. The van der Waals surface area contributed by atoms with Gasteiger partial charge in [0.25, 0.3) is 5.91 Å². The molecule has 0 saturated carbocycles. The Morgan fingerprint density at radius 1 is 1.47 bits per heavy atom. The summed E-state index contributed by atoms with van der Waals surface area (Å²) in [4.78, 5) is 17.2. The average Bonchev–Trinajstić information content (AvgIpc) is 2.98. The van der Waals surface area contributed by atoms with Crippen molar-refractivity contribution in [1.29, 1.82) is 0 Å². The molecule has 0 aliphatic carbocycles. The fourth-order valence-electron chi connectivity index (χ4n) is 1.74. The molecule has 3 heterocycles. The van der Waals surface area contributed by atoms with Crippen molar-refractivity contribution in [1.82, 2.24) is 14.6 Å². The van der Waals surface area contributed by atoms with Crippen molar-refractivity contribution in [2.45, 2.75) is 0 Å². The molecule has 7 heteroatoms. The van der Waals surface area contributed by atoms with Crippen LogP contribution in [0.15, 0.2) is 30.6 Å². The van der Waals surface area contributed by atoms with Crippen LogP contribution in [0, 0.1) is 0 Å². The van der Waals surface area contributed by atoms with Crippen molar-refractivity contribution < 1.29 is 9.53 Å². The summed E-state index contributed by atoms with van der Waals surface area (Å²) in [6, 6.07) is 5.51. The van der Waals surface area contributed by atoms with Gasteiger partial charge in [0.2, 0.25) is 5.88 Å². The smallest absolute Gasteiger partial charge is 0.253 e. The molecular formula is C12H10N4O2S. The van der Waals surface area contributed by atoms with Gasteiger partial charge in [0, 0.05) is 12.3 Å². The average molecular weight is 274 g/mol. The van der Waals surface area contributed by atoms with Gasteiger partial charge in [-0.15, -0.1) is 11.3 Å². The quantitative estimate of drug-likeness (QED) is 0.785. The van der Waals surface area contributed by atoms with Crippen LogP contribution in [-0.4, -0.2) is 27.6 Å². The minimum Gasteiger partial charge on any atom is -0.481 e. The van der Waals surface area contributed by atoms with Gasteiger partial charge >= 0.3 is 0 Å². The molecule has 0 aromatic carbocycles. The lowest BCUT2D eigenvalue weighted by molar-refractivity contribution is 0.100. The van der Waals surface area contributed by atoms with Gasteiger partial charge in [0.05, 0.1) is 29.4 Å². The number of nitrogens with zero attached hydrogens (tertiary/aromatic N) is 3. The van der Waals surface area contributed by atoms with E-state index in [0.29, 0.717) is 16.3 Å². The molecule has 0 spiro atoms. The van der Waals surface area contributed by atoms with E-state index in [1.807, 2.05) is 18.3 Å². The zero-order valence-corrected chi connectivity index (χ0v) is 10.8. The lowest BCUT2D eigenvalue weighted by Gasteiger charge is -2.00. The second-order valence-electron chi connectivity index (χ2n) is 3.83. The molecular weight excluding hydrogens is 264 g/mol. The van der Waals surface area contributed by atoms with Crippen LogP contribution < -0.4 is 10.5 Å². The van der Waals surface area contributed by atoms with E-state index >= 15 is 0 Å². The Labute approximate surface area is 112 Å². The standard InChI is InChI=1S/C12H10N4O2S/c1-18-10-4-2-3-8(15-10)9-6-16-12(19-9)7(5-14-16)11(13)17/h2-6H,1H3,(H2,13,17). The van der Waals surface area contributed by atoms with Crippen molar-refractivity contribution in [3.63, 3.8) is 0 Å². The van der Waals surface area contributed by atoms with Crippen LogP contribution in [0.25, 0.3) is 15.4 Å². The molecule has 0 bridgehead atoms. The van der Waals surface area contributed by atoms with Crippen LogP contribution in [0.1, 0.15) is 10.4 Å². The van der Waals surface area contributed by atoms with Gasteiger partial charge < -0.3 is 10.5 Å². The van der Waals surface area contributed by atoms with Gasteiger partial charge in [-0.3, -0.25) is 4.79 Å². The first kappa shape index (κ1) is 11.7. The van der Waals surface area contributed by atoms with E-state index in [9.17, 15) is 4.79 Å². The summed E-state index contributed by atoms with van der Waals surface area (Å²) in [5.41, 5.74) is 6.48. The lowest BCUT2D eigenvalue weighted by Crippen LogP contribution is -2.09. The summed E-state index contributed by atoms with van der Waals surface area (Å²) in [6.07, 6.45) is 3.28. The second-order valence-corrected chi connectivity index (χ2v) is 4.86. The first-order valence-electron chi connectivity index (χ1n) is 5.47. The number of hydrogen-bond donors (Lipinski definition) is 1. The van der Waals surface area contributed by atoms with E-state index in [-0.39, 0.29) is 0 Å². The molecule has 3 aromatic rings. The minimum absolute atomic E-state index is 0.416. The Morgan fingerprint density at radius 2 is 2.32 bits per heavy atom. The Hall–Kier alpha value is -2.41. The largest absolute Gasteiger partial charge is 0.481 e. The predicted molar refractivity (Wildman–Crippen MR) is 71.4 cm³/mol. The summed E-state index contributed by atoms with van der Waals surface area (Å²) >= 11 is 1.41. The Kier molecular flexibility index (Phi) is 2.68. The predicted octanol–water partition coefficient (Wildman–Crippen LogP) is 1.57. The molecule has 96 valence electrons. The molecule has 19 heavy (non-hydrogen) atoms. The van der Waals surface area contributed by atoms with E-state index in [0.717, 1.165) is 10.6 Å². The molecule has 0 aliphatic rings. The summed E-state index contributed by atoms with van der Waals surface area (Å²) in [6.45, 7) is 0. The molecule has 6 nitrogen and oxygen atoms in total. The van der Waals surface area contributed by atoms with Crippen LogP contribution in [0.5, 0.6) is 5.88 Å². The molecule has 3 aromatic heterocycles. The highest BCUT2D eigenvalue weighted by molar-refractivity contribution is 7.21. The van der Waals surface area contributed by atoms with Gasteiger partial charge in [0.1, 0.15) is 4.83 Å². The maximum atomic E-state index is 11.3. The zero-order chi connectivity index (χ0) is 13.4. The summed E-state index contributed by atoms with van der Waals surface area (Å²) < 4.78 is 6.72. The molecule has 0 saturated heterocycles. The SMILES string of the molecule is COc1cccc(-c2cn3ncc(C(N)=O)c3s2)n1. The van der Waals surface area contributed by atoms with Crippen LogP contribution in [0.4, 0.5) is 0 Å². The molecule has 0 atom stereocenters. The maximum Gasteiger partial charge on any atom is 0.253 e. The molecule has 0 fully saturated rings. The van der Waals surface area contributed by atoms with Gasteiger partial charge in [-0.05, 0) is 6.07 Å². The van der Waals surface area contributed by atoms with Gasteiger partial charge in [-0.25, -0.2) is 9.50 Å². The number of ether oxygens (including phenoxy) is 1. The van der Waals surface area contributed by atoms with Crippen molar-refractivity contribution in [2.75, 3.05) is 7.11 Å². The van der Waals surface area contributed by atoms with E-state index in [4.69, 9.17) is 10.5 Å². The number of rotatable bonds is 3. The molecule has 3 rings (SSSR count). The van der Waals surface area contributed by atoms with E-state index in [1.54, 1.807) is 17.7 Å². The monoisotopic (exact) mass is 274 g/mol. The van der Waals surface area contributed by atoms with Gasteiger partial charge in [-0.1, -0.05) is 6.07 Å². The maximum absolute atomic E-state index is 11.3. The number of thiazole rings is 1.